The van der Waals surface area contributed by atoms with Crippen molar-refractivity contribution in [3.8, 4) is 0 Å². The number of piperidine rings is 1. The molecule has 1 amide bonds. The minimum Gasteiger partial charge on any atom is -0.483 e. The van der Waals surface area contributed by atoms with Crippen molar-refractivity contribution in [3.05, 3.63) is 18.6 Å². The highest BCUT2D eigenvalue weighted by Crippen LogP contribution is 2.26. The fraction of sp³-hybridized carbons (Fsp3) is 0.429. The van der Waals surface area contributed by atoms with Gasteiger partial charge >= 0.3 is 0 Å². The van der Waals surface area contributed by atoms with Gasteiger partial charge in [-0.25, -0.2) is 9.97 Å². The fourth-order valence-corrected chi connectivity index (χ4v) is 2.99. The highest BCUT2D eigenvalue weighted by atomic mass is 16.5. The molecule has 4 heterocycles. The van der Waals surface area contributed by atoms with Crippen molar-refractivity contribution < 1.29 is 19.4 Å². The predicted octanol–water partition coefficient (Wildman–Crippen LogP) is -0.248. The molecule has 0 bridgehead atoms. The number of aromatic nitrogens is 3. The molecule has 9 heteroatoms. The Hall–Kier alpha value is -2.68. The molecule has 23 heavy (non-hydrogen) atoms. The molecule has 3 N–H and O–H groups in total. The molecule has 0 saturated carbocycles. The van der Waals surface area contributed by atoms with E-state index in [1.54, 1.807) is 6.33 Å². The fourth-order valence-electron chi connectivity index (χ4n) is 2.99. The molecule has 2 saturated heterocycles. The van der Waals surface area contributed by atoms with Crippen LogP contribution in [0.15, 0.2) is 18.6 Å². The molecule has 0 spiro atoms. The van der Waals surface area contributed by atoms with E-state index in [2.05, 4.69) is 25.2 Å². The molecule has 0 aromatic carbocycles. The van der Waals surface area contributed by atoms with Crippen LogP contribution < -0.4 is 10.2 Å². The Kier molecular flexibility index (Phi) is 4.38. The maximum absolute atomic E-state index is 11.4. The van der Waals surface area contributed by atoms with Gasteiger partial charge in [-0.05, 0) is 12.5 Å². The van der Waals surface area contributed by atoms with Crippen molar-refractivity contribution in [2.45, 2.75) is 18.6 Å². The quantitative estimate of drug-likeness (QED) is 0.620. The van der Waals surface area contributed by atoms with Crippen LogP contribution in [-0.2, 0) is 14.3 Å². The van der Waals surface area contributed by atoms with Crippen molar-refractivity contribution >= 4 is 29.2 Å². The predicted molar refractivity (Wildman–Crippen MR) is 81.1 cm³/mol. The van der Waals surface area contributed by atoms with Gasteiger partial charge in [0.15, 0.2) is 5.82 Å². The normalized spacial score (nSPS) is 23.5. The second-order valence-electron chi connectivity index (χ2n) is 5.30. The lowest BCUT2D eigenvalue weighted by molar-refractivity contribution is -0.137. The largest absolute Gasteiger partial charge is 0.483 e. The molecule has 2 aliphatic rings. The molecule has 2 aromatic heterocycles. The van der Waals surface area contributed by atoms with E-state index in [1.165, 1.54) is 0 Å². The number of amides is 1. The third kappa shape index (κ3) is 3.09. The van der Waals surface area contributed by atoms with Gasteiger partial charge in [0.05, 0.1) is 17.7 Å². The number of hydrogen-bond donors (Lipinski definition) is 3. The summed E-state index contributed by atoms with van der Waals surface area (Å²) < 4.78 is 5.57. The number of H-pyrrole nitrogens is 1. The van der Waals surface area contributed by atoms with E-state index >= 15 is 0 Å². The molecule has 2 atom stereocenters. The van der Waals surface area contributed by atoms with E-state index in [9.17, 15) is 4.79 Å². The number of anilines is 1. The molecule has 0 aliphatic carbocycles. The van der Waals surface area contributed by atoms with Crippen LogP contribution in [0.1, 0.15) is 6.42 Å². The SMILES string of the molecule is O=C1CO[C@@H]2CCN(c3ncnc4cc[nH]c34)C[C@@H]2N1.O=CO. The number of ether oxygens (including phenoxy) is 1. The van der Waals surface area contributed by atoms with Gasteiger partial charge in [-0.15, -0.1) is 0 Å². The lowest BCUT2D eigenvalue weighted by Gasteiger charge is -2.41. The molecule has 0 unspecified atom stereocenters. The Morgan fingerprint density at radius 2 is 2.26 bits per heavy atom. The third-order valence-electron chi connectivity index (χ3n) is 3.95. The van der Waals surface area contributed by atoms with Gasteiger partial charge in [-0.2, -0.15) is 0 Å². The summed E-state index contributed by atoms with van der Waals surface area (Å²) in [5.74, 6) is 0.846. The monoisotopic (exact) mass is 319 g/mol. The average molecular weight is 319 g/mol. The first-order chi connectivity index (χ1) is 11.2. The second kappa shape index (κ2) is 6.61. The van der Waals surface area contributed by atoms with Crippen LogP contribution in [0.2, 0.25) is 0 Å². The first-order valence-electron chi connectivity index (χ1n) is 7.24. The number of aromatic amines is 1. The highest BCUT2D eigenvalue weighted by Gasteiger charge is 2.35. The Morgan fingerprint density at radius 3 is 3.09 bits per heavy atom. The summed E-state index contributed by atoms with van der Waals surface area (Å²) in [6.07, 6.45) is 4.44. The van der Waals surface area contributed by atoms with Gasteiger partial charge in [0, 0.05) is 19.3 Å². The summed E-state index contributed by atoms with van der Waals surface area (Å²) in [5.41, 5.74) is 1.84. The molecule has 122 valence electrons. The smallest absolute Gasteiger partial charge is 0.290 e. The Labute approximate surface area is 131 Å². The lowest BCUT2D eigenvalue weighted by atomic mass is 10.0. The molecule has 0 radical (unpaired) electrons. The van der Waals surface area contributed by atoms with Crippen LogP contribution in [0.5, 0.6) is 0 Å². The molecule has 2 aliphatic heterocycles. The average Bonchev–Trinajstić information content (AvgIpc) is 3.03. The standard InChI is InChI=1S/C13H15N5O2.CH2O2/c19-11-6-20-10-2-4-18(5-9(10)17-11)13-12-8(1-3-14-12)15-7-16-13;2-1-3/h1,3,7,9-10,14H,2,4-6H2,(H,17,19);1H,(H,2,3)/t9-,10+;/m0./s1. The summed E-state index contributed by atoms with van der Waals surface area (Å²) in [6, 6.07) is 1.96. The number of carboxylic acid groups (broad SMARTS) is 1. The summed E-state index contributed by atoms with van der Waals surface area (Å²) in [6.45, 7) is 1.50. The highest BCUT2D eigenvalue weighted by molar-refractivity contribution is 5.86. The number of rotatable bonds is 1. The summed E-state index contributed by atoms with van der Waals surface area (Å²) in [4.78, 5) is 33.8. The van der Waals surface area contributed by atoms with Crippen LogP contribution in [0.4, 0.5) is 5.82 Å². The Balaban J connectivity index is 0.000000485. The topological polar surface area (TPSA) is 120 Å². The molecule has 4 rings (SSSR count). The van der Waals surface area contributed by atoms with Crippen LogP contribution >= 0.6 is 0 Å². The molecular formula is C14H17N5O4. The van der Waals surface area contributed by atoms with Crippen molar-refractivity contribution in [1.82, 2.24) is 20.3 Å². The number of morpholine rings is 1. The van der Waals surface area contributed by atoms with E-state index in [0.29, 0.717) is 6.54 Å². The van der Waals surface area contributed by atoms with Crippen molar-refractivity contribution in [2.24, 2.45) is 0 Å². The van der Waals surface area contributed by atoms with Crippen molar-refractivity contribution in [3.63, 3.8) is 0 Å². The minimum atomic E-state index is -0.250. The van der Waals surface area contributed by atoms with Crippen LogP contribution in [0.25, 0.3) is 11.0 Å². The maximum atomic E-state index is 11.4. The van der Waals surface area contributed by atoms with Crippen LogP contribution in [0.3, 0.4) is 0 Å². The number of nitrogens with one attached hydrogen (secondary N) is 2. The van der Waals surface area contributed by atoms with E-state index < -0.39 is 0 Å². The van der Waals surface area contributed by atoms with Crippen molar-refractivity contribution in [1.29, 1.82) is 0 Å². The first kappa shape index (κ1) is 15.2. The lowest BCUT2D eigenvalue weighted by Crippen LogP contribution is -2.60. The van der Waals surface area contributed by atoms with E-state index in [0.717, 1.165) is 29.8 Å². The van der Waals surface area contributed by atoms with Gasteiger partial charge in [-0.1, -0.05) is 0 Å². The maximum Gasteiger partial charge on any atom is 0.290 e. The Bertz CT molecular complexity index is 703. The van der Waals surface area contributed by atoms with Gasteiger partial charge in [-0.3, -0.25) is 9.59 Å². The summed E-state index contributed by atoms with van der Waals surface area (Å²) >= 11 is 0. The first-order valence-corrected chi connectivity index (χ1v) is 7.24. The zero-order chi connectivity index (χ0) is 16.2. The van der Waals surface area contributed by atoms with E-state index in [-0.39, 0.29) is 31.1 Å². The van der Waals surface area contributed by atoms with E-state index in [1.807, 2.05) is 12.3 Å². The number of hydrogen-bond acceptors (Lipinski definition) is 6. The molecule has 2 aromatic rings. The number of fused-ring (bicyclic) bond motifs is 2. The number of carbonyl (C=O) groups excluding carboxylic acids is 1. The summed E-state index contributed by atoms with van der Waals surface area (Å²) in [7, 11) is 0. The Morgan fingerprint density at radius 1 is 1.43 bits per heavy atom. The number of carbonyl (C=O) groups is 2. The third-order valence-corrected chi connectivity index (χ3v) is 3.95. The second-order valence-corrected chi connectivity index (χ2v) is 5.30. The molecule has 2 fully saturated rings. The zero-order valence-electron chi connectivity index (χ0n) is 12.3. The van der Waals surface area contributed by atoms with Gasteiger partial charge in [0.2, 0.25) is 5.91 Å². The zero-order valence-corrected chi connectivity index (χ0v) is 12.3. The van der Waals surface area contributed by atoms with Gasteiger partial charge in [0.25, 0.3) is 6.47 Å². The number of nitrogens with zero attached hydrogens (tertiary/aromatic N) is 3. The van der Waals surface area contributed by atoms with Gasteiger partial charge in [0.1, 0.15) is 18.5 Å². The molecular weight excluding hydrogens is 302 g/mol. The minimum absolute atomic E-state index is 0.0324. The van der Waals surface area contributed by atoms with Gasteiger partial charge < -0.3 is 25.0 Å². The summed E-state index contributed by atoms with van der Waals surface area (Å²) in [5, 5.41) is 9.89. The molecule has 9 nitrogen and oxygen atoms in total. The van der Waals surface area contributed by atoms with Crippen LogP contribution in [0, 0.1) is 0 Å². The van der Waals surface area contributed by atoms with E-state index in [4.69, 9.17) is 14.6 Å². The van der Waals surface area contributed by atoms with Crippen LogP contribution in [-0.4, -0.2) is 64.3 Å². The van der Waals surface area contributed by atoms with Crippen molar-refractivity contribution in [2.75, 3.05) is 24.6 Å².